The summed E-state index contributed by atoms with van der Waals surface area (Å²) in [5.41, 5.74) is 3.42. The lowest BCUT2D eigenvalue weighted by Crippen LogP contribution is -2.28. The van der Waals surface area contributed by atoms with Crippen molar-refractivity contribution >= 4 is 55.5 Å². The molecule has 0 aliphatic carbocycles. The zero-order valence-corrected chi connectivity index (χ0v) is 23.7. The Bertz CT molecular complexity index is 1550. The smallest absolute Gasteiger partial charge is 0.301 e. The number of benzene rings is 2. The molecule has 1 saturated heterocycles. The lowest BCUT2D eigenvalue weighted by molar-refractivity contribution is -0.132. The molecule has 0 saturated carbocycles. The molecule has 1 atom stereocenters. The van der Waals surface area contributed by atoms with Gasteiger partial charge in [-0.1, -0.05) is 51.2 Å². The zero-order chi connectivity index (χ0) is 27.1. The van der Waals surface area contributed by atoms with E-state index in [-0.39, 0.29) is 17.3 Å². The number of nitrogens with zero attached hydrogens (tertiary/aromatic N) is 2. The van der Waals surface area contributed by atoms with E-state index in [1.54, 1.807) is 6.07 Å². The number of carbonyl (C=O) groups is 2. The van der Waals surface area contributed by atoms with Crippen molar-refractivity contribution in [2.45, 2.75) is 52.5 Å². The molecule has 0 spiro atoms. The molecule has 2 aromatic carbocycles. The number of hydrogen-bond acceptors (Lipinski definition) is 7. The fourth-order valence-corrected chi connectivity index (χ4v) is 6.59. The third kappa shape index (κ3) is 4.52. The summed E-state index contributed by atoms with van der Waals surface area (Å²) in [5, 5.41) is 13.9. The largest absolute Gasteiger partial charge is 0.507 e. The highest BCUT2D eigenvalue weighted by atomic mass is 32.1. The van der Waals surface area contributed by atoms with E-state index in [0.29, 0.717) is 23.2 Å². The van der Waals surface area contributed by atoms with Gasteiger partial charge in [-0.25, -0.2) is 4.98 Å². The summed E-state index contributed by atoms with van der Waals surface area (Å²) in [6.45, 7) is 10.8. The maximum Gasteiger partial charge on any atom is 0.301 e. The minimum absolute atomic E-state index is 0.0680. The summed E-state index contributed by atoms with van der Waals surface area (Å²) in [5.74, 6) is -0.374. The summed E-state index contributed by atoms with van der Waals surface area (Å²) in [6.07, 6.45) is 0. The summed E-state index contributed by atoms with van der Waals surface area (Å²) >= 11 is 2.82. The van der Waals surface area contributed by atoms with Gasteiger partial charge in [-0.15, -0.1) is 11.3 Å². The Hall–Kier alpha value is -3.49. The molecular weight excluding hydrogens is 516 g/mol. The van der Waals surface area contributed by atoms with Gasteiger partial charge in [-0.05, 0) is 71.7 Å². The predicted octanol–water partition coefficient (Wildman–Crippen LogP) is 7.63. The van der Waals surface area contributed by atoms with Crippen LogP contribution in [0.2, 0.25) is 0 Å². The first-order chi connectivity index (χ1) is 18.2. The van der Waals surface area contributed by atoms with Crippen LogP contribution in [0.15, 0.2) is 59.5 Å². The summed E-state index contributed by atoms with van der Waals surface area (Å²) in [4.78, 5) is 34.0. The standard InChI is InChI=1S/C30H30N2O4S2/c1-6-36-22-12-10-19(14-20(22)17(4)5)27(33)25-26(23-8-7-13-37-23)32(29(35)28(25)34)30-31-21-11-9-18(16(2)3)15-24(21)38-30/h7-17,26,33H,6H2,1-5H3/b27-25+. The van der Waals surface area contributed by atoms with Gasteiger partial charge in [0, 0.05) is 10.4 Å². The molecule has 1 unspecified atom stereocenters. The minimum atomic E-state index is -0.769. The first-order valence-electron chi connectivity index (χ1n) is 12.7. The lowest BCUT2D eigenvalue weighted by atomic mass is 9.95. The van der Waals surface area contributed by atoms with Crippen LogP contribution in [0, 0.1) is 0 Å². The molecule has 1 amide bonds. The van der Waals surface area contributed by atoms with Crippen molar-refractivity contribution in [2.24, 2.45) is 0 Å². The van der Waals surface area contributed by atoms with Crippen LogP contribution in [0.1, 0.15) is 74.1 Å². The number of thiazole rings is 1. The van der Waals surface area contributed by atoms with Crippen LogP contribution in [0.5, 0.6) is 5.75 Å². The van der Waals surface area contributed by atoms with E-state index in [1.165, 1.54) is 33.1 Å². The Morgan fingerprint density at radius 1 is 1.08 bits per heavy atom. The van der Waals surface area contributed by atoms with Gasteiger partial charge in [0.1, 0.15) is 17.6 Å². The quantitative estimate of drug-likeness (QED) is 0.146. The van der Waals surface area contributed by atoms with Crippen molar-refractivity contribution in [1.82, 2.24) is 4.98 Å². The molecule has 1 aliphatic heterocycles. The van der Waals surface area contributed by atoms with Gasteiger partial charge >= 0.3 is 5.91 Å². The van der Waals surface area contributed by atoms with Gasteiger partial charge < -0.3 is 9.84 Å². The summed E-state index contributed by atoms with van der Waals surface area (Å²) in [6, 6.07) is 14.5. The molecule has 3 heterocycles. The van der Waals surface area contributed by atoms with Gasteiger partial charge in [0.05, 0.1) is 22.4 Å². The van der Waals surface area contributed by atoms with Crippen LogP contribution in [0.25, 0.3) is 16.0 Å². The number of fused-ring (bicyclic) bond motifs is 1. The molecule has 2 aromatic heterocycles. The number of aliphatic hydroxyl groups is 1. The van der Waals surface area contributed by atoms with Crippen molar-refractivity contribution in [1.29, 1.82) is 0 Å². The normalized spacial score (nSPS) is 17.3. The first kappa shape index (κ1) is 26.1. The van der Waals surface area contributed by atoms with E-state index in [1.807, 2.05) is 62.5 Å². The van der Waals surface area contributed by atoms with Crippen molar-refractivity contribution < 1.29 is 19.4 Å². The average Bonchev–Trinajstić information content (AvgIpc) is 3.62. The number of ether oxygens (including phenoxy) is 1. The second-order valence-electron chi connectivity index (χ2n) is 9.90. The second kappa shape index (κ2) is 10.3. The minimum Gasteiger partial charge on any atom is -0.507 e. The highest BCUT2D eigenvalue weighted by molar-refractivity contribution is 7.22. The maximum absolute atomic E-state index is 13.5. The van der Waals surface area contributed by atoms with Gasteiger partial charge in [0.25, 0.3) is 5.78 Å². The van der Waals surface area contributed by atoms with Crippen molar-refractivity contribution in [3.8, 4) is 5.75 Å². The lowest BCUT2D eigenvalue weighted by Gasteiger charge is -2.21. The number of ketones is 1. The third-order valence-corrected chi connectivity index (χ3v) is 8.68. The van der Waals surface area contributed by atoms with Crippen LogP contribution < -0.4 is 9.64 Å². The Morgan fingerprint density at radius 3 is 2.53 bits per heavy atom. The van der Waals surface area contributed by atoms with E-state index in [0.717, 1.165) is 26.4 Å². The van der Waals surface area contributed by atoms with E-state index >= 15 is 0 Å². The Labute approximate surface area is 230 Å². The fraction of sp³-hybridized carbons (Fsp3) is 0.300. The first-order valence-corrected chi connectivity index (χ1v) is 14.4. The molecule has 38 heavy (non-hydrogen) atoms. The topological polar surface area (TPSA) is 79.7 Å². The number of anilines is 1. The van der Waals surface area contributed by atoms with Gasteiger partial charge in [0.2, 0.25) is 0 Å². The predicted molar refractivity (Wildman–Crippen MR) is 155 cm³/mol. The fourth-order valence-electron chi connectivity index (χ4n) is 4.73. The number of aliphatic hydroxyl groups excluding tert-OH is 1. The number of aromatic nitrogens is 1. The number of thiophene rings is 1. The second-order valence-corrected chi connectivity index (χ2v) is 11.9. The number of hydrogen-bond donors (Lipinski definition) is 1. The Morgan fingerprint density at radius 2 is 1.87 bits per heavy atom. The van der Waals surface area contributed by atoms with E-state index in [2.05, 4.69) is 19.9 Å². The van der Waals surface area contributed by atoms with Crippen LogP contribution in [-0.4, -0.2) is 28.4 Å². The van der Waals surface area contributed by atoms with Crippen molar-refractivity contribution in [3.63, 3.8) is 0 Å². The average molecular weight is 547 g/mol. The van der Waals surface area contributed by atoms with E-state index in [9.17, 15) is 14.7 Å². The van der Waals surface area contributed by atoms with Crippen LogP contribution >= 0.6 is 22.7 Å². The monoisotopic (exact) mass is 546 g/mol. The molecule has 0 bridgehead atoms. The number of carbonyl (C=O) groups excluding carboxylic acids is 2. The molecule has 5 rings (SSSR count). The third-order valence-electron chi connectivity index (χ3n) is 6.74. The molecule has 4 aromatic rings. The molecular formula is C30H30N2O4S2. The van der Waals surface area contributed by atoms with Crippen molar-refractivity contribution in [2.75, 3.05) is 11.5 Å². The SMILES string of the molecule is CCOc1ccc(/C(O)=C2\C(=O)C(=O)N(c3nc4ccc(C(C)C)cc4s3)C2c2cccs2)cc1C(C)C. The molecule has 1 aliphatic rings. The Balaban J connectivity index is 1.66. The molecule has 6 nitrogen and oxygen atoms in total. The van der Waals surface area contributed by atoms with Gasteiger partial charge in [-0.3, -0.25) is 14.5 Å². The molecule has 1 fully saturated rings. The van der Waals surface area contributed by atoms with Gasteiger partial charge in [0.15, 0.2) is 5.13 Å². The number of amides is 1. The van der Waals surface area contributed by atoms with E-state index < -0.39 is 17.7 Å². The summed E-state index contributed by atoms with van der Waals surface area (Å²) in [7, 11) is 0. The highest BCUT2D eigenvalue weighted by Crippen LogP contribution is 2.46. The van der Waals surface area contributed by atoms with Crippen LogP contribution in [0.4, 0.5) is 5.13 Å². The Kier molecular flexibility index (Phi) is 7.11. The van der Waals surface area contributed by atoms with Crippen LogP contribution in [-0.2, 0) is 9.59 Å². The molecule has 1 N–H and O–H groups in total. The molecule has 8 heteroatoms. The zero-order valence-electron chi connectivity index (χ0n) is 22.0. The van der Waals surface area contributed by atoms with Crippen LogP contribution in [0.3, 0.4) is 0 Å². The summed E-state index contributed by atoms with van der Waals surface area (Å²) < 4.78 is 6.72. The number of Topliss-reactive ketones (excluding diaryl/α,β-unsaturated/α-hetero) is 1. The maximum atomic E-state index is 13.5. The molecule has 196 valence electrons. The molecule has 0 radical (unpaired) electrons. The van der Waals surface area contributed by atoms with E-state index in [4.69, 9.17) is 9.72 Å². The van der Waals surface area contributed by atoms with Gasteiger partial charge in [-0.2, -0.15) is 0 Å². The number of rotatable bonds is 7. The highest BCUT2D eigenvalue weighted by Gasteiger charge is 2.48. The van der Waals surface area contributed by atoms with Crippen molar-refractivity contribution in [3.05, 3.63) is 81.1 Å².